The van der Waals surface area contributed by atoms with Crippen LogP contribution in [0.15, 0.2) is 54.7 Å². The SMILES string of the molecule is CCOc1ccc(NC(=O)C(C)Oc2ccccc2F)c2cccnc12. The molecule has 134 valence electrons. The van der Waals surface area contributed by atoms with Gasteiger partial charge in [-0.15, -0.1) is 0 Å². The predicted octanol–water partition coefficient (Wildman–Crippen LogP) is 4.18. The van der Waals surface area contributed by atoms with Crippen LogP contribution < -0.4 is 14.8 Å². The first-order valence-corrected chi connectivity index (χ1v) is 8.32. The number of benzene rings is 2. The van der Waals surface area contributed by atoms with Crippen LogP contribution in [0.25, 0.3) is 10.9 Å². The lowest BCUT2D eigenvalue weighted by molar-refractivity contribution is -0.122. The Bertz CT molecular complexity index is 930. The summed E-state index contributed by atoms with van der Waals surface area (Å²) in [5.41, 5.74) is 1.25. The number of nitrogens with zero attached hydrogens (tertiary/aromatic N) is 1. The smallest absolute Gasteiger partial charge is 0.265 e. The first-order chi connectivity index (χ1) is 12.6. The fourth-order valence-corrected chi connectivity index (χ4v) is 2.55. The number of fused-ring (bicyclic) bond motifs is 1. The van der Waals surface area contributed by atoms with Crippen molar-refractivity contribution in [1.29, 1.82) is 0 Å². The Kier molecular flexibility index (Phi) is 5.31. The summed E-state index contributed by atoms with van der Waals surface area (Å²) in [6.07, 6.45) is 0.797. The highest BCUT2D eigenvalue weighted by atomic mass is 19.1. The van der Waals surface area contributed by atoms with Gasteiger partial charge in [0.05, 0.1) is 12.3 Å². The van der Waals surface area contributed by atoms with Gasteiger partial charge >= 0.3 is 0 Å². The standard InChI is InChI=1S/C20H19FN2O3/c1-3-25-18-11-10-16(14-7-6-12-22-19(14)18)23-20(24)13(2)26-17-9-5-4-8-15(17)21/h4-13H,3H2,1-2H3,(H,23,24). The van der Waals surface area contributed by atoms with Crippen molar-refractivity contribution in [2.24, 2.45) is 0 Å². The lowest BCUT2D eigenvalue weighted by atomic mass is 10.1. The zero-order chi connectivity index (χ0) is 18.5. The molecule has 1 atom stereocenters. The summed E-state index contributed by atoms with van der Waals surface area (Å²) < 4.78 is 24.7. The Morgan fingerprint density at radius 2 is 1.96 bits per heavy atom. The number of amides is 1. The molecule has 3 aromatic rings. The third kappa shape index (κ3) is 3.74. The third-order valence-corrected chi connectivity index (χ3v) is 3.80. The van der Waals surface area contributed by atoms with Gasteiger partial charge in [0.2, 0.25) is 0 Å². The Morgan fingerprint density at radius 3 is 2.73 bits per heavy atom. The predicted molar refractivity (Wildman–Crippen MR) is 98.0 cm³/mol. The monoisotopic (exact) mass is 354 g/mol. The van der Waals surface area contributed by atoms with Crippen LogP contribution in [0.2, 0.25) is 0 Å². The number of hydrogen-bond donors (Lipinski definition) is 1. The highest BCUT2D eigenvalue weighted by Crippen LogP contribution is 2.30. The minimum absolute atomic E-state index is 0.0355. The van der Waals surface area contributed by atoms with E-state index >= 15 is 0 Å². The Morgan fingerprint density at radius 1 is 1.15 bits per heavy atom. The lowest BCUT2D eigenvalue weighted by Crippen LogP contribution is -2.30. The average Bonchev–Trinajstić information content (AvgIpc) is 2.65. The van der Waals surface area contributed by atoms with Crippen LogP contribution in [0.1, 0.15) is 13.8 Å². The van der Waals surface area contributed by atoms with Gasteiger partial charge in [-0.05, 0) is 50.2 Å². The number of ether oxygens (including phenoxy) is 2. The summed E-state index contributed by atoms with van der Waals surface area (Å²) in [7, 11) is 0. The Hall–Kier alpha value is -3.15. The molecular formula is C20H19FN2O3. The van der Waals surface area contributed by atoms with E-state index < -0.39 is 11.9 Å². The topological polar surface area (TPSA) is 60.5 Å². The van der Waals surface area contributed by atoms with Gasteiger partial charge in [0.25, 0.3) is 5.91 Å². The van der Waals surface area contributed by atoms with Crippen LogP contribution in [0.3, 0.4) is 0 Å². The van der Waals surface area contributed by atoms with Gasteiger partial charge in [0.1, 0.15) is 11.3 Å². The van der Waals surface area contributed by atoms with Gasteiger partial charge in [0, 0.05) is 11.6 Å². The average molecular weight is 354 g/mol. The first-order valence-electron chi connectivity index (χ1n) is 8.32. The van der Waals surface area contributed by atoms with Crippen molar-refractivity contribution in [3.05, 3.63) is 60.5 Å². The Balaban J connectivity index is 1.81. The molecule has 26 heavy (non-hydrogen) atoms. The van der Waals surface area contributed by atoms with Gasteiger partial charge in [-0.3, -0.25) is 9.78 Å². The highest BCUT2D eigenvalue weighted by molar-refractivity contribution is 6.04. The minimum Gasteiger partial charge on any atom is -0.492 e. The lowest BCUT2D eigenvalue weighted by Gasteiger charge is -2.16. The normalized spacial score (nSPS) is 11.8. The second kappa shape index (κ2) is 7.82. The number of carbonyl (C=O) groups is 1. The second-order valence-corrected chi connectivity index (χ2v) is 5.62. The summed E-state index contributed by atoms with van der Waals surface area (Å²) in [6.45, 7) is 3.98. The van der Waals surface area contributed by atoms with E-state index in [0.717, 1.165) is 5.39 Å². The van der Waals surface area contributed by atoms with Crippen molar-refractivity contribution in [1.82, 2.24) is 4.98 Å². The van der Waals surface area contributed by atoms with E-state index in [1.54, 1.807) is 43.5 Å². The number of rotatable bonds is 6. The molecular weight excluding hydrogens is 335 g/mol. The van der Waals surface area contributed by atoms with E-state index in [0.29, 0.717) is 23.6 Å². The summed E-state index contributed by atoms with van der Waals surface area (Å²) in [5, 5.41) is 3.57. The molecule has 0 aliphatic heterocycles. The van der Waals surface area contributed by atoms with Crippen molar-refractivity contribution in [3.63, 3.8) is 0 Å². The number of carbonyl (C=O) groups excluding carboxylic acids is 1. The van der Waals surface area contributed by atoms with Crippen LogP contribution in [0.5, 0.6) is 11.5 Å². The molecule has 1 N–H and O–H groups in total. The summed E-state index contributed by atoms with van der Waals surface area (Å²) in [6, 6.07) is 13.1. The van der Waals surface area contributed by atoms with Crippen LogP contribution in [0, 0.1) is 5.82 Å². The molecule has 2 aromatic carbocycles. The molecule has 0 aliphatic carbocycles. The number of halogens is 1. The molecule has 6 heteroatoms. The zero-order valence-electron chi connectivity index (χ0n) is 14.5. The number of anilines is 1. The largest absolute Gasteiger partial charge is 0.492 e. The number of pyridine rings is 1. The van der Waals surface area contributed by atoms with Crippen molar-refractivity contribution in [2.75, 3.05) is 11.9 Å². The van der Waals surface area contributed by atoms with Crippen LogP contribution in [-0.2, 0) is 4.79 Å². The quantitative estimate of drug-likeness (QED) is 0.721. The maximum atomic E-state index is 13.7. The maximum Gasteiger partial charge on any atom is 0.265 e. The first kappa shape index (κ1) is 17.7. The van der Waals surface area contributed by atoms with E-state index in [1.165, 1.54) is 12.1 Å². The Labute approximate surface area is 150 Å². The summed E-state index contributed by atoms with van der Waals surface area (Å²) >= 11 is 0. The minimum atomic E-state index is -0.870. The molecule has 1 amide bonds. The summed E-state index contributed by atoms with van der Waals surface area (Å²) in [4.78, 5) is 16.8. The third-order valence-electron chi connectivity index (χ3n) is 3.80. The summed E-state index contributed by atoms with van der Waals surface area (Å²) in [5.74, 6) is -0.212. The molecule has 3 rings (SSSR count). The van der Waals surface area contributed by atoms with Crippen molar-refractivity contribution in [3.8, 4) is 11.5 Å². The van der Waals surface area contributed by atoms with Crippen molar-refractivity contribution in [2.45, 2.75) is 20.0 Å². The molecule has 0 spiro atoms. The van der Waals surface area contributed by atoms with E-state index in [9.17, 15) is 9.18 Å². The fourth-order valence-electron chi connectivity index (χ4n) is 2.55. The molecule has 1 aromatic heterocycles. The van der Waals surface area contributed by atoms with Gasteiger partial charge in [-0.1, -0.05) is 12.1 Å². The van der Waals surface area contributed by atoms with Crippen LogP contribution in [0.4, 0.5) is 10.1 Å². The van der Waals surface area contributed by atoms with Gasteiger partial charge < -0.3 is 14.8 Å². The van der Waals surface area contributed by atoms with Crippen LogP contribution in [-0.4, -0.2) is 23.6 Å². The molecule has 0 fully saturated rings. The fraction of sp³-hybridized carbons (Fsp3) is 0.200. The van der Waals surface area contributed by atoms with Gasteiger partial charge in [-0.25, -0.2) is 4.39 Å². The molecule has 0 bridgehead atoms. The zero-order valence-corrected chi connectivity index (χ0v) is 14.5. The number of para-hydroxylation sites is 1. The molecule has 0 saturated heterocycles. The molecule has 1 heterocycles. The van der Waals surface area contributed by atoms with Gasteiger partial charge in [-0.2, -0.15) is 0 Å². The molecule has 1 unspecified atom stereocenters. The molecule has 0 saturated carbocycles. The second-order valence-electron chi connectivity index (χ2n) is 5.62. The van der Waals surface area contributed by atoms with E-state index in [1.807, 2.05) is 13.0 Å². The molecule has 0 radical (unpaired) electrons. The number of nitrogens with one attached hydrogen (secondary N) is 1. The van der Waals surface area contributed by atoms with Gasteiger partial charge in [0.15, 0.2) is 17.7 Å². The highest BCUT2D eigenvalue weighted by Gasteiger charge is 2.18. The maximum absolute atomic E-state index is 13.7. The van der Waals surface area contributed by atoms with Crippen LogP contribution >= 0.6 is 0 Å². The van der Waals surface area contributed by atoms with E-state index in [-0.39, 0.29) is 11.7 Å². The number of aromatic nitrogens is 1. The van der Waals surface area contributed by atoms with Crippen molar-refractivity contribution < 1.29 is 18.7 Å². The molecule has 5 nitrogen and oxygen atoms in total. The van der Waals surface area contributed by atoms with E-state index in [4.69, 9.17) is 9.47 Å². The van der Waals surface area contributed by atoms with Crippen molar-refractivity contribution >= 4 is 22.5 Å². The molecule has 0 aliphatic rings. The number of hydrogen-bond acceptors (Lipinski definition) is 4. The van der Waals surface area contributed by atoms with E-state index in [2.05, 4.69) is 10.3 Å².